The van der Waals surface area contributed by atoms with E-state index in [1.54, 1.807) is 0 Å². The Morgan fingerprint density at radius 2 is 2.10 bits per heavy atom. The van der Waals surface area contributed by atoms with Crippen LogP contribution in [0.3, 0.4) is 0 Å². The zero-order valence-corrected chi connectivity index (χ0v) is 13.5. The van der Waals surface area contributed by atoms with Crippen molar-refractivity contribution in [1.29, 1.82) is 0 Å². The van der Waals surface area contributed by atoms with Crippen molar-refractivity contribution in [2.45, 2.75) is 20.3 Å². The van der Waals surface area contributed by atoms with Crippen LogP contribution < -0.4 is 0 Å². The molecule has 1 nitrogen and oxygen atoms in total. The number of rotatable bonds is 5. The van der Waals surface area contributed by atoms with Crippen LogP contribution in [0.5, 0.6) is 0 Å². The number of allylic oxidation sites excluding steroid dienone is 6. The number of benzene rings is 1. The number of thioether (sulfide) groups is 1. The minimum atomic E-state index is 0.909. The monoisotopic (exact) mass is 295 g/mol. The van der Waals surface area contributed by atoms with E-state index >= 15 is 0 Å². The molecule has 0 saturated carbocycles. The van der Waals surface area contributed by atoms with Crippen molar-refractivity contribution in [3.8, 4) is 0 Å². The largest absolute Gasteiger partial charge is 0.245 e. The summed E-state index contributed by atoms with van der Waals surface area (Å²) < 4.78 is 0. The molecule has 1 aliphatic heterocycles. The second-order valence-corrected chi connectivity index (χ2v) is 6.00. The first-order valence-electron chi connectivity index (χ1n) is 7.24. The van der Waals surface area contributed by atoms with Crippen molar-refractivity contribution in [3.63, 3.8) is 0 Å². The second-order valence-electron chi connectivity index (χ2n) is 4.67. The minimum Gasteiger partial charge on any atom is -0.245 e. The molecule has 1 aliphatic rings. The number of hydrogen-bond donors (Lipinski definition) is 0. The van der Waals surface area contributed by atoms with Crippen molar-refractivity contribution in [2.24, 2.45) is 4.99 Å². The van der Waals surface area contributed by atoms with E-state index in [1.165, 1.54) is 21.8 Å². The van der Waals surface area contributed by atoms with Gasteiger partial charge in [-0.1, -0.05) is 68.1 Å². The molecular formula is C19H21NS. The molecular weight excluding hydrogens is 274 g/mol. The van der Waals surface area contributed by atoms with Crippen LogP contribution >= 0.6 is 11.8 Å². The van der Waals surface area contributed by atoms with Crippen LogP contribution in [0.4, 0.5) is 0 Å². The maximum atomic E-state index is 4.87. The van der Waals surface area contributed by atoms with Gasteiger partial charge in [-0.25, -0.2) is 4.99 Å². The van der Waals surface area contributed by atoms with Crippen LogP contribution in [0.2, 0.25) is 0 Å². The summed E-state index contributed by atoms with van der Waals surface area (Å²) in [5, 5.41) is 1.20. The van der Waals surface area contributed by atoms with Gasteiger partial charge in [0.25, 0.3) is 0 Å². The molecule has 0 bridgehead atoms. The van der Waals surface area contributed by atoms with Crippen LogP contribution in [0.1, 0.15) is 25.8 Å². The minimum absolute atomic E-state index is 0.909. The van der Waals surface area contributed by atoms with Crippen molar-refractivity contribution < 1.29 is 0 Å². The predicted octanol–water partition coefficient (Wildman–Crippen LogP) is 5.64. The molecule has 0 atom stereocenters. The molecule has 1 heterocycles. The molecule has 0 unspecified atom stereocenters. The molecule has 0 radical (unpaired) electrons. The fourth-order valence-corrected chi connectivity index (χ4v) is 3.09. The van der Waals surface area contributed by atoms with Crippen LogP contribution in [0.15, 0.2) is 77.4 Å². The molecule has 0 N–H and O–H groups in total. The Kier molecular flexibility index (Phi) is 5.82. The highest BCUT2D eigenvalue weighted by Crippen LogP contribution is 2.36. The molecule has 0 aliphatic carbocycles. The van der Waals surface area contributed by atoms with Gasteiger partial charge >= 0.3 is 0 Å². The average molecular weight is 295 g/mol. The summed E-state index contributed by atoms with van der Waals surface area (Å²) >= 11 is 1.83. The highest BCUT2D eigenvalue weighted by molar-refractivity contribution is 8.13. The van der Waals surface area contributed by atoms with Gasteiger partial charge < -0.3 is 0 Å². The van der Waals surface area contributed by atoms with Gasteiger partial charge in [0.2, 0.25) is 0 Å². The quantitative estimate of drug-likeness (QED) is 0.640. The third-order valence-electron chi connectivity index (χ3n) is 3.20. The molecule has 0 aromatic heterocycles. The third-order valence-corrected chi connectivity index (χ3v) is 4.06. The van der Waals surface area contributed by atoms with Crippen LogP contribution in [0, 0.1) is 0 Å². The van der Waals surface area contributed by atoms with Gasteiger partial charge in [-0.3, -0.25) is 0 Å². The zero-order chi connectivity index (χ0) is 15.1. The van der Waals surface area contributed by atoms with Crippen molar-refractivity contribution >= 4 is 22.5 Å². The van der Waals surface area contributed by atoms with Gasteiger partial charge in [-0.2, -0.15) is 0 Å². The summed E-state index contributed by atoms with van der Waals surface area (Å²) in [4.78, 5) is 4.87. The van der Waals surface area contributed by atoms with Crippen molar-refractivity contribution in [2.75, 3.05) is 5.75 Å². The lowest BCUT2D eigenvalue weighted by molar-refractivity contribution is 1.35. The Labute approximate surface area is 131 Å². The van der Waals surface area contributed by atoms with Crippen molar-refractivity contribution in [1.82, 2.24) is 0 Å². The maximum Gasteiger partial charge on any atom is 0.0783 e. The van der Waals surface area contributed by atoms with Crippen LogP contribution in [-0.4, -0.2) is 10.8 Å². The van der Waals surface area contributed by atoms with E-state index in [1.807, 2.05) is 30.8 Å². The summed E-state index contributed by atoms with van der Waals surface area (Å²) in [6.45, 7) is 8.04. The smallest absolute Gasteiger partial charge is 0.0783 e. The molecule has 0 amide bonds. The summed E-state index contributed by atoms with van der Waals surface area (Å²) in [6.07, 6.45) is 9.01. The lowest BCUT2D eigenvalue weighted by Gasteiger charge is -2.07. The van der Waals surface area contributed by atoms with Gasteiger partial charge in [0.15, 0.2) is 0 Å². The molecule has 2 heteroatoms. The van der Waals surface area contributed by atoms with Gasteiger partial charge in [0, 0.05) is 12.0 Å². The Morgan fingerprint density at radius 1 is 1.33 bits per heavy atom. The first-order valence-corrected chi connectivity index (χ1v) is 8.23. The lowest BCUT2D eigenvalue weighted by Crippen LogP contribution is -1.92. The number of hydrogen-bond acceptors (Lipinski definition) is 2. The van der Waals surface area contributed by atoms with Gasteiger partial charge in [-0.05, 0) is 23.8 Å². The van der Waals surface area contributed by atoms with E-state index in [2.05, 4.69) is 56.0 Å². The van der Waals surface area contributed by atoms with Crippen LogP contribution in [0.25, 0.3) is 5.70 Å². The maximum absolute atomic E-state index is 4.87. The van der Waals surface area contributed by atoms with E-state index in [9.17, 15) is 0 Å². The fourth-order valence-electron chi connectivity index (χ4n) is 2.35. The van der Waals surface area contributed by atoms with Gasteiger partial charge in [-0.15, -0.1) is 11.8 Å². The average Bonchev–Trinajstić information content (AvgIpc) is 2.92. The van der Waals surface area contributed by atoms with E-state index < -0.39 is 0 Å². The van der Waals surface area contributed by atoms with Crippen LogP contribution in [-0.2, 0) is 0 Å². The summed E-state index contributed by atoms with van der Waals surface area (Å²) in [7, 11) is 0. The van der Waals surface area contributed by atoms with E-state index in [0.717, 1.165) is 17.9 Å². The Morgan fingerprint density at radius 3 is 2.71 bits per heavy atom. The fraction of sp³-hybridized carbons (Fsp3) is 0.211. The SMILES string of the molecule is C=C/C=C(\C=C/C)C1=C(c2ccccc2)N=C(SCC)C1. The van der Waals surface area contributed by atoms with Gasteiger partial charge in [0.1, 0.15) is 0 Å². The highest BCUT2D eigenvalue weighted by Gasteiger charge is 2.20. The molecule has 0 fully saturated rings. The van der Waals surface area contributed by atoms with Gasteiger partial charge in [0.05, 0.1) is 10.7 Å². The Hall–Kier alpha value is -1.80. The predicted molar refractivity (Wildman–Crippen MR) is 96.6 cm³/mol. The standard InChI is InChI=1S/C19H21NS/c1-4-10-15(11-5-2)17-14-18(21-6-3)20-19(17)16-12-8-7-9-13-16/h4-5,7-13H,1,6,14H2,2-3H3/b11-5-,15-10+. The molecule has 108 valence electrons. The van der Waals surface area contributed by atoms with E-state index in [-0.39, 0.29) is 0 Å². The van der Waals surface area contributed by atoms with E-state index in [4.69, 9.17) is 4.99 Å². The molecule has 1 aromatic carbocycles. The normalized spacial score (nSPS) is 15.7. The number of aliphatic imine (C=N–C) groups is 1. The highest BCUT2D eigenvalue weighted by atomic mass is 32.2. The topological polar surface area (TPSA) is 12.4 Å². The zero-order valence-electron chi connectivity index (χ0n) is 12.7. The molecule has 1 aromatic rings. The Bertz CT molecular complexity index is 618. The second kappa shape index (κ2) is 7.84. The molecule has 0 saturated heterocycles. The Balaban J connectivity index is 2.49. The molecule has 21 heavy (non-hydrogen) atoms. The summed E-state index contributed by atoms with van der Waals surface area (Å²) in [5.41, 5.74) is 4.76. The summed E-state index contributed by atoms with van der Waals surface area (Å²) in [6, 6.07) is 10.4. The van der Waals surface area contributed by atoms with E-state index in [0.29, 0.717) is 0 Å². The third kappa shape index (κ3) is 3.85. The first-order chi connectivity index (χ1) is 10.3. The lowest BCUT2D eigenvalue weighted by atomic mass is 9.98. The molecule has 0 spiro atoms. The van der Waals surface area contributed by atoms with Crippen molar-refractivity contribution in [3.05, 3.63) is 77.9 Å². The number of nitrogens with zero attached hydrogens (tertiary/aromatic N) is 1. The first kappa shape index (κ1) is 15.6. The molecule has 2 rings (SSSR count). The summed E-state index contributed by atoms with van der Waals surface area (Å²) in [5.74, 6) is 1.05.